The quantitative estimate of drug-likeness (QED) is 0.175. The Bertz CT molecular complexity index is 3810. The van der Waals surface area contributed by atoms with E-state index in [1.807, 2.05) is 18.2 Å². The summed E-state index contributed by atoms with van der Waals surface area (Å²) in [5, 5.41) is 8.15. The standard InChI is InChI=1S/C56H34N4O/c1-2-14-35(15-3-1)40-22-12-16-37-17-13-23-41(52(37)40)36-28-30-38(31-29-36)53-55-54(45-21-7-11-27-51(45)61-55)58-56(57-53)60-49-26-10-6-20-44(49)46-34-39(32-33-50(46)60)59-47-24-8-4-18-42(47)43-19-5-9-25-48(43)59/h1-34H. The summed E-state index contributed by atoms with van der Waals surface area (Å²) >= 11 is 0. The Hall–Kier alpha value is -8.28. The molecule has 5 heteroatoms. The van der Waals surface area contributed by atoms with E-state index in [9.17, 15) is 0 Å². The van der Waals surface area contributed by atoms with Gasteiger partial charge in [-0.3, -0.25) is 4.57 Å². The van der Waals surface area contributed by atoms with Crippen molar-refractivity contribution in [2.75, 3.05) is 0 Å². The Balaban J connectivity index is 1.01. The fourth-order valence-corrected chi connectivity index (χ4v) is 9.64. The van der Waals surface area contributed by atoms with Gasteiger partial charge >= 0.3 is 0 Å². The minimum atomic E-state index is 0.593. The smallest absolute Gasteiger partial charge is 0.236 e. The number of furan rings is 1. The van der Waals surface area contributed by atoms with Gasteiger partial charge in [-0.1, -0.05) is 158 Å². The van der Waals surface area contributed by atoms with Gasteiger partial charge in [0.05, 0.1) is 22.1 Å². The molecular formula is C56H34N4O. The van der Waals surface area contributed by atoms with E-state index in [2.05, 4.69) is 197 Å². The van der Waals surface area contributed by atoms with E-state index in [0.717, 1.165) is 60.8 Å². The summed E-state index contributed by atoms with van der Waals surface area (Å²) in [6, 6.07) is 73.3. The fraction of sp³-hybridized carbons (Fsp3) is 0. The molecule has 4 aromatic heterocycles. The summed E-state index contributed by atoms with van der Waals surface area (Å²) in [7, 11) is 0. The summed E-state index contributed by atoms with van der Waals surface area (Å²) < 4.78 is 11.2. The van der Waals surface area contributed by atoms with Gasteiger partial charge in [0.2, 0.25) is 5.95 Å². The molecule has 0 spiro atoms. The number of hydrogen-bond donors (Lipinski definition) is 0. The predicted molar refractivity (Wildman–Crippen MR) is 252 cm³/mol. The molecule has 0 saturated heterocycles. The molecule has 0 aliphatic heterocycles. The van der Waals surface area contributed by atoms with Crippen LogP contribution in [0.3, 0.4) is 0 Å². The third kappa shape index (κ3) is 5.08. The molecule has 0 radical (unpaired) electrons. The van der Waals surface area contributed by atoms with Crippen LogP contribution in [0.2, 0.25) is 0 Å². The summed E-state index contributed by atoms with van der Waals surface area (Å²) in [5.74, 6) is 0.593. The largest absolute Gasteiger partial charge is 0.452 e. The van der Waals surface area contributed by atoms with Crippen molar-refractivity contribution in [3.8, 4) is 45.1 Å². The molecular weight excluding hydrogens is 745 g/mol. The second-order valence-electron chi connectivity index (χ2n) is 15.7. The Labute approximate surface area is 350 Å². The van der Waals surface area contributed by atoms with Gasteiger partial charge in [0.15, 0.2) is 5.58 Å². The minimum Gasteiger partial charge on any atom is -0.452 e. The van der Waals surface area contributed by atoms with Gasteiger partial charge in [-0.2, -0.15) is 0 Å². The van der Waals surface area contributed by atoms with Crippen LogP contribution in [0.5, 0.6) is 0 Å². The third-order valence-electron chi connectivity index (χ3n) is 12.4. The highest BCUT2D eigenvalue weighted by Gasteiger charge is 2.22. The molecule has 0 aliphatic carbocycles. The first-order valence-electron chi connectivity index (χ1n) is 20.7. The lowest BCUT2D eigenvalue weighted by Crippen LogP contribution is -2.03. The number of hydrogen-bond acceptors (Lipinski definition) is 3. The number of fused-ring (bicyclic) bond motifs is 10. The van der Waals surface area contributed by atoms with Crippen molar-refractivity contribution in [1.29, 1.82) is 0 Å². The summed E-state index contributed by atoms with van der Waals surface area (Å²) in [5.41, 5.74) is 14.2. The van der Waals surface area contributed by atoms with Crippen molar-refractivity contribution in [3.05, 3.63) is 206 Å². The molecule has 0 atom stereocenters. The maximum Gasteiger partial charge on any atom is 0.236 e. The SMILES string of the molecule is c1ccc(-c2cccc3cccc(-c4ccc(-c5nc(-n6c7ccccc7c7cc(-n8c9ccccc9c9ccccc98)ccc76)nc6c5oc5ccccc56)cc4)c23)cc1. The lowest BCUT2D eigenvalue weighted by atomic mass is 9.91. The maximum absolute atomic E-state index is 6.61. The van der Waals surface area contributed by atoms with Crippen LogP contribution in [0.1, 0.15) is 0 Å². The highest BCUT2D eigenvalue weighted by Crippen LogP contribution is 2.41. The molecule has 13 rings (SSSR count). The first-order chi connectivity index (χ1) is 30.3. The third-order valence-corrected chi connectivity index (χ3v) is 12.4. The zero-order chi connectivity index (χ0) is 40.0. The Kier molecular flexibility index (Phi) is 7.24. The predicted octanol–water partition coefficient (Wildman–Crippen LogP) is 14.7. The maximum atomic E-state index is 6.61. The highest BCUT2D eigenvalue weighted by molar-refractivity contribution is 6.13. The van der Waals surface area contributed by atoms with E-state index in [1.165, 1.54) is 49.3 Å². The van der Waals surface area contributed by atoms with E-state index >= 15 is 0 Å². The fourth-order valence-electron chi connectivity index (χ4n) is 9.64. The molecule has 284 valence electrons. The van der Waals surface area contributed by atoms with E-state index in [0.29, 0.717) is 11.5 Å². The molecule has 4 heterocycles. The average molecular weight is 779 g/mol. The number of rotatable bonds is 5. The van der Waals surface area contributed by atoms with Crippen molar-refractivity contribution in [2.24, 2.45) is 0 Å². The van der Waals surface area contributed by atoms with E-state index in [-0.39, 0.29) is 0 Å². The van der Waals surface area contributed by atoms with E-state index < -0.39 is 0 Å². The number of benzene rings is 9. The molecule has 0 bridgehead atoms. The number of aromatic nitrogens is 4. The normalized spacial score (nSPS) is 11.9. The molecule has 0 amide bonds. The lowest BCUT2D eigenvalue weighted by Gasteiger charge is -2.13. The second kappa shape index (κ2) is 13.1. The van der Waals surface area contributed by atoms with Crippen LogP contribution in [-0.4, -0.2) is 19.1 Å². The number of para-hydroxylation sites is 4. The Morgan fingerprint density at radius 2 is 0.918 bits per heavy atom. The van der Waals surface area contributed by atoms with Gasteiger partial charge in [-0.05, 0) is 81.6 Å². The van der Waals surface area contributed by atoms with Crippen LogP contribution >= 0.6 is 0 Å². The zero-order valence-electron chi connectivity index (χ0n) is 32.8. The van der Waals surface area contributed by atoms with Crippen molar-refractivity contribution in [1.82, 2.24) is 19.1 Å². The second-order valence-corrected chi connectivity index (χ2v) is 15.7. The monoisotopic (exact) mass is 778 g/mol. The zero-order valence-corrected chi connectivity index (χ0v) is 32.8. The van der Waals surface area contributed by atoms with Gasteiger partial charge < -0.3 is 8.98 Å². The first-order valence-corrected chi connectivity index (χ1v) is 20.7. The van der Waals surface area contributed by atoms with Crippen LogP contribution in [0.4, 0.5) is 0 Å². The molecule has 13 aromatic rings. The summed E-state index contributed by atoms with van der Waals surface area (Å²) in [6.07, 6.45) is 0. The Morgan fingerprint density at radius 3 is 1.61 bits per heavy atom. The van der Waals surface area contributed by atoms with Gasteiger partial charge in [0.1, 0.15) is 16.8 Å². The molecule has 0 N–H and O–H groups in total. The van der Waals surface area contributed by atoms with Gasteiger partial charge in [-0.15, -0.1) is 0 Å². The van der Waals surface area contributed by atoms with E-state index in [1.54, 1.807) is 0 Å². The molecule has 0 aliphatic rings. The van der Waals surface area contributed by atoms with Gasteiger partial charge in [0.25, 0.3) is 0 Å². The minimum absolute atomic E-state index is 0.593. The molecule has 0 fully saturated rings. The van der Waals surface area contributed by atoms with Crippen molar-refractivity contribution < 1.29 is 4.42 Å². The molecule has 5 nitrogen and oxygen atoms in total. The van der Waals surface area contributed by atoms with Crippen molar-refractivity contribution in [3.63, 3.8) is 0 Å². The molecule has 9 aromatic carbocycles. The van der Waals surface area contributed by atoms with E-state index in [4.69, 9.17) is 14.4 Å². The summed E-state index contributed by atoms with van der Waals surface area (Å²) in [6.45, 7) is 0. The first kappa shape index (κ1) is 33.7. The molecule has 61 heavy (non-hydrogen) atoms. The van der Waals surface area contributed by atoms with Crippen LogP contribution in [-0.2, 0) is 0 Å². The highest BCUT2D eigenvalue weighted by atomic mass is 16.3. The average Bonchev–Trinajstić information content (AvgIpc) is 3.99. The topological polar surface area (TPSA) is 48.8 Å². The molecule has 0 saturated carbocycles. The number of nitrogens with zero attached hydrogens (tertiary/aromatic N) is 4. The van der Waals surface area contributed by atoms with Crippen LogP contribution in [0.15, 0.2) is 211 Å². The van der Waals surface area contributed by atoms with Crippen LogP contribution in [0, 0.1) is 0 Å². The lowest BCUT2D eigenvalue weighted by molar-refractivity contribution is 0.666. The van der Waals surface area contributed by atoms with Crippen LogP contribution in [0.25, 0.3) is 122 Å². The molecule has 0 unspecified atom stereocenters. The summed E-state index contributed by atoms with van der Waals surface area (Å²) in [4.78, 5) is 10.8. The van der Waals surface area contributed by atoms with Crippen molar-refractivity contribution in [2.45, 2.75) is 0 Å². The van der Waals surface area contributed by atoms with Crippen LogP contribution < -0.4 is 0 Å². The van der Waals surface area contributed by atoms with Gasteiger partial charge in [0, 0.05) is 38.2 Å². The van der Waals surface area contributed by atoms with Crippen molar-refractivity contribution >= 4 is 76.5 Å². The Morgan fingerprint density at radius 1 is 0.377 bits per heavy atom. The van der Waals surface area contributed by atoms with Gasteiger partial charge in [-0.25, -0.2) is 9.97 Å².